The topological polar surface area (TPSA) is 57.5 Å². The average molecular weight is 475 g/mol. The molecule has 174 valence electrons. The van der Waals surface area contributed by atoms with Gasteiger partial charge in [0.25, 0.3) is 0 Å². The third-order valence-electron chi connectivity index (χ3n) is 6.40. The van der Waals surface area contributed by atoms with Crippen molar-refractivity contribution in [1.82, 2.24) is 4.57 Å². The van der Waals surface area contributed by atoms with Gasteiger partial charge in [0.1, 0.15) is 11.5 Å². The number of carbonyl (C=O) groups is 2. The minimum Gasteiger partial charge on any atom is -0.452 e. The van der Waals surface area contributed by atoms with E-state index in [2.05, 4.69) is 0 Å². The van der Waals surface area contributed by atoms with Crippen molar-refractivity contribution in [2.45, 2.75) is 12.3 Å². The molecule has 2 aliphatic heterocycles. The Kier molecular flexibility index (Phi) is 4.60. The number of halogens is 3. The summed E-state index contributed by atoms with van der Waals surface area (Å²) in [6.07, 6.45) is 3.26. The molecule has 0 radical (unpaired) electrons. The maximum Gasteiger partial charge on any atom is 0.312 e. The summed E-state index contributed by atoms with van der Waals surface area (Å²) in [5, 5.41) is 0.931. The molecule has 0 saturated heterocycles. The van der Waals surface area contributed by atoms with E-state index in [1.807, 2.05) is 42.1 Å². The number of para-hydroxylation sites is 1. The van der Waals surface area contributed by atoms with Crippen LogP contribution >= 0.6 is 0 Å². The molecule has 3 heterocycles. The van der Waals surface area contributed by atoms with Crippen molar-refractivity contribution in [2.24, 2.45) is 7.05 Å². The Morgan fingerprint density at radius 1 is 1.00 bits per heavy atom. The number of Topliss-reactive ketones (excluding diaryl/α,β-unsaturated/α-hetero) is 1. The normalized spacial score (nSPS) is 17.9. The number of rotatable bonds is 2. The largest absolute Gasteiger partial charge is 0.452 e. The smallest absolute Gasteiger partial charge is 0.312 e. The Labute approximate surface area is 197 Å². The predicted molar refractivity (Wildman–Crippen MR) is 121 cm³/mol. The summed E-state index contributed by atoms with van der Waals surface area (Å²) in [6.45, 7) is 0. The lowest BCUT2D eigenvalue weighted by molar-refractivity contribution is -0.135. The number of hydrogen-bond donors (Lipinski definition) is 0. The highest BCUT2D eigenvalue weighted by atomic mass is 19.2. The lowest BCUT2D eigenvalue weighted by Gasteiger charge is -2.26. The van der Waals surface area contributed by atoms with Crippen LogP contribution in [0.1, 0.15) is 39.4 Å². The number of allylic oxidation sites excluding steroid dienone is 1. The van der Waals surface area contributed by atoms with Crippen LogP contribution in [0.4, 0.5) is 13.2 Å². The van der Waals surface area contributed by atoms with Crippen LogP contribution in [0.15, 0.2) is 60.5 Å². The first-order valence-electron chi connectivity index (χ1n) is 10.8. The second-order valence-electron chi connectivity index (χ2n) is 8.54. The first-order chi connectivity index (χ1) is 16.8. The van der Waals surface area contributed by atoms with Crippen LogP contribution in [0.3, 0.4) is 0 Å². The van der Waals surface area contributed by atoms with Gasteiger partial charge in [0.05, 0.1) is 12.0 Å². The summed E-state index contributed by atoms with van der Waals surface area (Å²) in [5.41, 5.74) is 2.34. The van der Waals surface area contributed by atoms with Crippen molar-refractivity contribution in [3.8, 4) is 11.5 Å². The number of carbonyl (C=O) groups excluding carboxylic acids is 2. The fourth-order valence-electron chi connectivity index (χ4n) is 4.80. The van der Waals surface area contributed by atoms with Gasteiger partial charge < -0.3 is 14.0 Å². The quantitative estimate of drug-likeness (QED) is 0.163. The number of nitrogens with zero attached hydrogens (tertiary/aromatic N) is 1. The van der Waals surface area contributed by atoms with Crippen molar-refractivity contribution in [1.29, 1.82) is 0 Å². The fraction of sp³-hybridized carbons (Fsp3) is 0.111. The molecule has 3 aromatic carbocycles. The molecule has 0 N–H and O–H groups in total. The molecule has 35 heavy (non-hydrogen) atoms. The van der Waals surface area contributed by atoms with Gasteiger partial charge in [0.2, 0.25) is 5.78 Å². The fourth-order valence-corrected chi connectivity index (χ4v) is 4.80. The van der Waals surface area contributed by atoms with Crippen LogP contribution in [0.2, 0.25) is 0 Å². The Hall–Kier alpha value is -4.33. The Morgan fingerprint density at radius 2 is 1.74 bits per heavy atom. The number of hydrogen-bond acceptors (Lipinski definition) is 4. The molecule has 0 bridgehead atoms. The van der Waals surface area contributed by atoms with Crippen LogP contribution in [0.5, 0.6) is 11.5 Å². The number of fused-ring (bicyclic) bond motifs is 4. The Bertz CT molecular complexity index is 1600. The summed E-state index contributed by atoms with van der Waals surface area (Å²) in [6, 6.07) is 12.3. The zero-order valence-corrected chi connectivity index (χ0v) is 18.3. The predicted octanol–water partition coefficient (Wildman–Crippen LogP) is 5.65. The van der Waals surface area contributed by atoms with E-state index in [-0.39, 0.29) is 40.6 Å². The highest BCUT2D eigenvalue weighted by Gasteiger charge is 2.39. The van der Waals surface area contributed by atoms with Crippen molar-refractivity contribution >= 4 is 28.7 Å². The number of ether oxygens (including phenoxy) is 2. The van der Waals surface area contributed by atoms with Gasteiger partial charge in [-0.25, -0.2) is 13.2 Å². The standard InChI is InChI=1S/C27H16F3NO4/c1-31-12-14(15-4-2-3-5-20(15)31)10-22-26(33)16-6-7-21-24(27(16)35-22)17(11-23(32)34-21)13-8-18(28)25(30)19(29)9-13/h2-10,12,17H,11H2,1H3/b22-10+/t17-/m1/s1. The van der Waals surface area contributed by atoms with Crippen LogP contribution < -0.4 is 9.47 Å². The monoisotopic (exact) mass is 475 g/mol. The number of aromatic nitrogens is 1. The van der Waals surface area contributed by atoms with Crippen LogP contribution in [-0.2, 0) is 11.8 Å². The highest BCUT2D eigenvalue weighted by Crippen LogP contribution is 2.49. The zero-order chi connectivity index (χ0) is 24.4. The molecule has 1 atom stereocenters. The van der Waals surface area contributed by atoms with Crippen molar-refractivity contribution in [3.63, 3.8) is 0 Å². The number of esters is 1. The van der Waals surface area contributed by atoms with E-state index in [1.54, 1.807) is 6.08 Å². The van der Waals surface area contributed by atoms with Crippen LogP contribution in [-0.4, -0.2) is 16.3 Å². The molecule has 5 nitrogen and oxygen atoms in total. The molecule has 0 aliphatic carbocycles. The summed E-state index contributed by atoms with van der Waals surface area (Å²) < 4.78 is 54.9. The van der Waals surface area contributed by atoms with E-state index in [0.29, 0.717) is 5.56 Å². The van der Waals surface area contributed by atoms with Crippen molar-refractivity contribution in [2.75, 3.05) is 0 Å². The lowest BCUT2D eigenvalue weighted by atomic mass is 9.84. The third kappa shape index (κ3) is 3.24. The maximum absolute atomic E-state index is 14.0. The van der Waals surface area contributed by atoms with E-state index < -0.39 is 29.3 Å². The molecular weight excluding hydrogens is 459 g/mol. The van der Waals surface area contributed by atoms with Gasteiger partial charge in [-0.1, -0.05) is 18.2 Å². The molecule has 0 amide bonds. The molecule has 0 spiro atoms. The zero-order valence-electron chi connectivity index (χ0n) is 18.3. The number of aryl methyl sites for hydroxylation is 1. The summed E-state index contributed by atoms with van der Waals surface area (Å²) in [7, 11) is 1.90. The minimum absolute atomic E-state index is 0.0373. The molecular formula is C27H16F3NO4. The highest BCUT2D eigenvalue weighted by molar-refractivity contribution is 6.15. The van der Waals surface area contributed by atoms with Crippen LogP contribution in [0.25, 0.3) is 17.0 Å². The molecule has 1 aromatic heterocycles. The van der Waals surface area contributed by atoms with Gasteiger partial charge in [-0.3, -0.25) is 9.59 Å². The van der Waals surface area contributed by atoms with Crippen molar-refractivity contribution in [3.05, 3.63) is 100 Å². The van der Waals surface area contributed by atoms with Crippen LogP contribution in [0, 0.1) is 17.5 Å². The van der Waals surface area contributed by atoms with E-state index in [1.165, 1.54) is 12.1 Å². The minimum atomic E-state index is -1.60. The summed E-state index contributed by atoms with van der Waals surface area (Å²) in [4.78, 5) is 25.5. The number of ketones is 1. The lowest BCUT2D eigenvalue weighted by Crippen LogP contribution is -2.22. The SMILES string of the molecule is Cn1cc(/C=C2/Oc3c(ccc4c3[C@@H](c3cc(F)c(F)c(F)c3)CC(=O)O4)C2=O)c2ccccc21. The van der Waals surface area contributed by atoms with Gasteiger partial charge in [0, 0.05) is 41.2 Å². The second-order valence-corrected chi connectivity index (χ2v) is 8.54. The maximum atomic E-state index is 14.0. The molecule has 0 saturated carbocycles. The first kappa shape index (κ1) is 21.2. The Balaban J connectivity index is 1.48. The first-order valence-corrected chi connectivity index (χ1v) is 10.8. The molecule has 4 aromatic rings. The molecule has 6 rings (SSSR count). The molecule has 2 aliphatic rings. The van der Waals surface area contributed by atoms with Crippen molar-refractivity contribution < 1.29 is 32.2 Å². The molecule has 8 heteroatoms. The average Bonchev–Trinajstić information content (AvgIpc) is 3.33. The van der Waals surface area contributed by atoms with E-state index in [0.717, 1.165) is 28.6 Å². The van der Waals surface area contributed by atoms with Gasteiger partial charge in [-0.05, 0) is 42.0 Å². The molecule has 0 fully saturated rings. The number of benzene rings is 3. The third-order valence-corrected chi connectivity index (χ3v) is 6.40. The summed E-state index contributed by atoms with van der Waals surface area (Å²) >= 11 is 0. The van der Waals surface area contributed by atoms with Gasteiger partial charge >= 0.3 is 5.97 Å². The van der Waals surface area contributed by atoms with E-state index in [9.17, 15) is 22.8 Å². The van der Waals surface area contributed by atoms with E-state index >= 15 is 0 Å². The second kappa shape index (κ2) is 7.59. The van der Waals surface area contributed by atoms with Gasteiger partial charge in [0.15, 0.2) is 23.2 Å². The summed E-state index contributed by atoms with van der Waals surface area (Å²) in [5.74, 6) is -5.89. The van der Waals surface area contributed by atoms with E-state index in [4.69, 9.17) is 9.47 Å². The Morgan fingerprint density at radius 3 is 2.51 bits per heavy atom. The van der Waals surface area contributed by atoms with Gasteiger partial charge in [-0.2, -0.15) is 0 Å². The molecule has 0 unspecified atom stereocenters. The van der Waals surface area contributed by atoms with Gasteiger partial charge in [-0.15, -0.1) is 0 Å².